The molecule has 0 heterocycles. The summed E-state index contributed by atoms with van der Waals surface area (Å²) in [5.74, 6) is -1.09. The Morgan fingerprint density at radius 2 is 1.31 bits per heavy atom. The molecule has 0 amide bonds. The van der Waals surface area contributed by atoms with Gasteiger partial charge in [0.25, 0.3) is 6.43 Å². The molecule has 3 aromatic carbocycles. The molecular formula is C30H30F4O. The Labute approximate surface area is 204 Å². The second-order valence-electron chi connectivity index (χ2n) is 9.26. The van der Waals surface area contributed by atoms with Crippen LogP contribution in [0.2, 0.25) is 0 Å². The molecule has 3 aromatic rings. The largest absolute Gasteiger partial charge is 0.459 e. The van der Waals surface area contributed by atoms with Gasteiger partial charge in [-0.1, -0.05) is 68.3 Å². The van der Waals surface area contributed by atoms with E-state index in [1.807, 2.05) is 24.3 Å². The number of ether oxygens (including phenoxy) is 1. The van der Waals surface area contributed by atoms with Crippen LogP contribution in [0.5, 0.6) is 5.75 Å². The highest BCUT2D eigenvalue weighted by Gasteiger charge is 2.21. The lowest BCUT2D eigenvalue weighted by Crippen LogP contribution is -2.13. The second-order valence-corrected chi connectivity index (χ2v) is 9.26. The minimum absolute atomic E-state index is 0.339. The fraction of sp³-hybridized carbons (Fsp3) is 0.333. The zero-order valence-corrected chi connectivity index (χ0v) is 19.8. The van der Waals surface area contributed by atoms with Gasteiger partial charge in [-0.15, -0.1) is 0 Å². The summed E-state index contributed by atoms with van der Waals surface area (Å²) in [7, 11) is 0. The first-order chi connectivity index (χ1) is 16.9. The molecule has 5 heteroatoms. The molecule has 1 aliphatic carbocycles. The third-order valence-corrected chi connectivity index (χ3v) is 6.89. The quantitative estimate of drug-likeness (QED) is 0.229. The van der Waals surface area contributed by atoms with Crippen molar-refractivity contribution in [2.75, 3.05) is 0 Å². The van der Waals surface area contributed by atoms with Crippen LogP contribution in [0.15, 0.2) is 73.0 Å². The first-order valence-corrected chi connectivity index (χ1v) is 12.3. The predicted octanol–water partition coefficient (Wildman–Crippen LogP) is 9.53. The van der Waals surface area contributed by atoms with E-state index in [1.165, 1.54) is 44.1 Å². The van der Waals surface area contributed by atoms with Gasteiger partial charge in [0.15, 0.2) is 17.4 Å². The van der Waals surface area contributed by atoms with Crippen LogP contribution in [-0.2, 0) is 0 Å². The van der Waals surface area contributed by atoms with E-state index in [-0.39, 0.29) is 0 Å². The molecule has 0 saturated heterocycles. The van der Waals surface area contributed by atoms with Crippen LogP contribution in [0.1, 0.15) is 56.9 Å². The van der Waals surface area contributed by atoms with E-state index in [2.05, 4.69) is 31.2 Å². The van der Waals surface area contributed by atoms with Gasteiger partial charge in [0.1, 0.15) is 0 Å². The fourth-order valence-corrected chi connectivity index (χ4v) is 5.00. The summed E-state index contributed by atoms with van der Waals surface area (Å²) in [6.07, 6.45) is 6.02. The topological polar surface area (TPSA) is 9.23 Å². The van der Waals surface area contributed by atoms with Gasteiger partial charge in [0, 0.05) is 6.08 Å². The summed E-state index contributed by atoms with van der Waals surface area (Å²) in [6, 6.07) is 18.5. The van der Waals surface area contributed by atoms with Crippen LogP contribution in [0, 0.1) is 17.6 Å². The Morgan fingerprint density at radius 3 is 1.83 bits per heavy atom. The zero-order valence-electron chi connectivity index (χ0n) is 19.8. The molecule has 0 bridgehead atoms. The van der Waals surface area contributed by atoms with Gasteiger partial charge >= 0.3 is 0 Å². The average molecular weight is 483 g/mol. The van der Waals surface area contributed by atoms with E-state index >= 15 is 0 Å². The first-order valence-electron chi connectivity index (χ1n) is 12.3. The van der Waals surface area contributed by atoms with E-state index < -0.39 is 23.8 Å². The molecule has 0 spiro atoms. The Morgan fingerprint density at radius 1 is 0.800 bits per heavy atom. The minimum atomic E-state index is -2.76. The summed E-state index contributed by atoms with van der Waals surface area (Å²) in [5.41, 5.74) is 4.49. The number of alkyl halides is 2. The summed E-state index contributed by atoms with van der Waals surface area (Å²) in [4.78, 5) is 0. The number of halogens is 4. The lowest BCUT2D eigenvalue weighted by molar-refractivity contribution is 0.200. The number of benzene rings is 3. The van der Waals surface area contributed by atoms with Gasteiger partial charge in [-0.3, -0.25) is 0 Å². The smallest absolute Gasteiger partial charge is 0.260 e. The molecule has 1 saturated carbocycles. The van der Waals surface area contributed by atoms with Crippen molar-refractivity contribution in [2.45, 2.75) is 57.8 Å². The highest BCUT2D eigenvalue weighted by atomic mass is 19.3. The average Bonchev–Trinajstić information content (AvgIpc) is 2.86. The maximum absolute atomic E-state index is 14.3. The molecule has 0 radical (unpaired) electrons. The normalized spacial score (nSPS) is 18.3. The van der Waals surface area contributed by atoms with Crippen molar-refractivity contribution in [3.63, 3.8) is 0 Å². The Hall–Kier alpha value is -3.08. The number of hydrogen-bond donors (Lipinski definition) is 0. The monoisotopic (exact) mass is 482 g/mol. The third-order valence-electron chi connectivity index (χ3n) is 6.89. The number of rotatable bonds is 8. The van der Waals surface area contributed by atoms with Crippen LogP contribution in [0.4, 0.5) is 17.6 Å². The highest BCUT2D eigenvalue weighted by Crippen LogP contribution is 2.38. The predicted molar refractivity (Wildman–Crippen MR) is 133 cm³/mol. The van der Waals surface area contributed by atoms with Crippen molar-refractivity contribution in [3.05, 3.63) is 90.2 Å². The molecule has 0 atom stereocenters. The van der Waals surface area contributed by atoms with E-state index in [9.17, 15) is 17.6 Å². The maximum atomic E-state index is 14.3. The number of allylic oxidation sites excluding steroid dienone is 1. The lowest BCUT2D eigenvalue weighted by Gasteiger charge is -2.28. The van der Waals surface area contributed by atoms with Crippen LogP contribution in [-0.4, -0.2) is 6.43 Å². The molecule has 0 N–H and O–H groups in total. The van der Waals surface area contributed by atoms with E-state index in [4.69, 9.17) is 4.74 Å². The third kappa shape index (κ3) is 6.33. The van der Waals surface area contributed by atoms with Crippen molar-refractivity contribution in [3.8, 4) is 28.0 Å². The lowest BCUT2D eigenvalue weighted by atomic mass is 9.77. The Balaban J connectivity index is 1.44. The van der Waals surface area contributed by atoms with Crippen molar-refractivity contribution in [1.29, 1.82) is 0 Å². The molecular weight excluding hydrogens is 452 g/mol. The molecule has 35 heavy (non-hydrogen) atoms. The standard InChI is InChI=1S/C30H30F4O/c1-2-3-20-4-6-21(7-5-20)22-8-10-23(11-9-22)24-12-14-25(15-13-24)26-18-27(31)30(28(32)19-26)35-17-16-29(33)34/h8-21,29H,2-7H2,1H3/b17-16+. The van der Waals surface area contributed by atoms with Gasteiger partial charge in [-0.2, -0.15) is 0 Å². The molecule has 1 aliphatic rings. The van der Waals surface area contributed by atoms with Crippen molar-refractivity contribution in [2.24, 2.45) is 5.92 Å². The summed E-state index contributed by atoms with van der Waals surface area (Å²) >= 11 is 0. The van der Waals surface area contributed by atoms with Crippen molar-refractivity contribution < 1.29 is 22.3 Å². The Kier molecular flexibility index (Phi) is 8.27. The zero-order chi connectivity index (χ0) is 24.8. The van der Waals surface area contributed by atoms with Gasteiger partial charge < -0.3 is 4.74 Å². The van der Waals surface area contributed by atoms with Crippen LogP contribution >= 0.6 is 0 Å². The van der Waals surface area contributed by atoms with Crippen LogP contribution < -0.4 is 4.74 Å². The fourth-order valence-electron chi connectivity index (χ4n) is 5.00. The number of hydrogen-bond acceptors (Lipinski definition) is 1. The van der Waals surface area contributed by atoms with E-state index in [0.717, 1.165) is 29.2 Å². The van der Waals surface area contributed by atoms with Crippen LogP contribution in [0.25, 0.3) is 22.3 Å². The molecule has 0 aromatic heterocycles. The molecule has 1 nitrogen and oxygen atoms in total. The second kappa shape index (κ2) is 11.6. The molecule has 1 fully saturated rings. The Bertz CT molecular complexity index is 1110. The molecule has 4 rings (SSSR count). The summed E-state index contributed by atoms with van der Waals surface area (Å²) in [6.45, 7) is 2.26. The van der Waals surface area contributed by atoms with Gasteiger partial charge in [0.05, 0.1) is 6.26 Å². The molecule has 0 unspecified atom stereocenters. The van der Waals surface area contributed by atoms with Gasteiger partial charge in [-0.25, -0.2) is 17.6 Å². The SMILES string of the molecule is CCCC1CCC(c2ccc(-c3ccc(-c4cc(F)c(O/C=C/C(F)F)c(F)c4)cc3)cc2)CC1. The maximum Gasteiger partial charge on any atom is 0.260 e. The van der Waals surface area contributed by atoms with Gasteiger partial charge in [0.2, 0.25) is 0 Å². The summed E-state index contributed by atoms with van der Waals surface area (Å²) < 4.78 is 57.7. The van der Waals surface area contributed by atoms with E-state index in [0.29, 0.717) is 29.4 Å². The van der Waals surface area contributed by atoms with Crippen molar-refractivity contribution in [1.82, 2.24) is 0 Å². The molecule has 184 valence electrons. The summed E-state index contributed by atoms with van der Waals surface area (Å²) in [5, 5.41) is 0. The van der Waals surface area contributed by atoms with Crippen LogP contribution in [0.3, 0.4) is 0 Å². The minimum Gasteiger partial charge on any atom is -0.459 e. The van der Waals surface area contributed by atoms with E-state index in [1.54, 1.807) is 0 Å². The van der Waals surface area contributed by atoms with Gasteiger partial charge in [-0.05, 0) is 77.5 Å². The first kappa shape index (κ1) is 25.0. The molecule has 0 aliphatic heterocycles. The van der Waals surface area contributed by atoms with Crippen molar-refractivity contribution >= 4 is 0 Å². The highest BCUT2D eigenvalue weighted by molar-refractivity contribution is 5.71.